The van der Waals surface area contributed by atoms with Crippen molar-refractivity contribution in [3.8, 4) is 0 Å². The largest absolute Gasteiger partial charge is 0.467 e. The van der Waals surface area contributed by atoms with Crippen molar-refractivity contribution < 1.29 is 13.6 Å². The van der Waals surface area contributed by atoms with E-state index in [1.807, 2.05) is 31.2 Å². The van der Waals surface area contributed by atoms with Crippen molar-refractivity contribution in [2.75, 3.05) is 5.75 Å². The molecule has 32 heavy (non-hydrogen) atoms. The molecule has 3 aromatic heterocycles. The highest BCUT2D eigenvalue weighted by Crippen LogP contribution is 2.36. The average molecular weight is 453 g/mol. The van der Waals surface area contributed by atoms with Gasteiger partial charge in [0.25, 0.3) is 5.91 Å². The molecule has 2 aliphatic rings. The molecule has 0 spiro atoms. The van der Waals surface area contributed by atoms with Gasteiger partial charge in [-0.2, -0.15) is 5.10 Å². The van der Waals surface area contributed by atoms with Crippen LogP contribution in [-0.4, -0.2) is 31.9 Å². The fraction of sp³-hybridized carbons (Fsp3) is 0.458. The molecule has 1 unspecified atom stereocenters. The summed E-state index contributed by atoms with van der Waals surface area (Å²) in [5.74, 6) is 1.62. The molecule has 0 bridgehead atoms. The number of furan rings is 2. The van der Waals surface area contributed by atoms with Crippen LogP contribution in [0, 0.1) is 13.8 Å². The lowest BCUT2D eigenvalue weighted by molar-refractivity contribution is -0.130. The van der Waals surface area contributed by atoms with Crippen LogP contribution in [0.25, 0.3) is 0 Å². The number of hydrogen-bond donors (Lipinski definition) is 0. The fourth-order valence-corrected chi connectivity index (χ4v) is 5.71. The summed E-state index contributed by atoms with van der Waals surface area (Å²) >= 11 is 1.51. The van der Waals surface area contributed by atoms with Crippen LogP contribution in [0.3, 0.4) is 0 Å². The molecule has 0 aromatic carbocycles. The van der Waals surface area contributed by atoms with Crippen molar-refractivity contribution >= 4 is 23.4 Å². The van der Waals surface area contributed by atoms with Gasteiger partial charge in [-0.25, -0.2) is 9.99 Å². The zero-order chi connectivity index (χ0) is 22.1. The molecule has 5 rings (SSSR count). The lowest BCUT2D eigenvalue weighted by Gasteiger charge is -2.26. The molecule has 0 saturated heterocycles. The van der Waals surface area contributed by atoms with Crippen LogP contribution >= 0.6 is 11.8 Å². The maximum atomic E-state index is 13.3. The third-order valence-electron chi connectivity index (χ3n) is 6.46. The third-order valence-corrected chi connectivity index (χ3v) is 7.40. The summed E-state index contributed by atoms with van der Waals surface area (Å²) in [4.78, 5) is 18.1. The minimum absolute atomic E-state index is 0.0635. The topological polar surface area (TPSA) is 76.8 Å². The van der Waals surface area contributed by atoms with Crippen LogP contribution in [0.5, 0.6) is 0 Å². The molecule has 8 heteroatoms. The number of aryl methyl sites for hydroxylation is 1. The Labute approximate surface area is 191 Å². The first kappa shape index (κ1) is 21.1. The second-order valence-electron chi connectivity index (χ2n) is 8.51. The maximum Gasteiger partial charge on any atom is 0.253 e. The van der Waals surface area contributed by atoms with Gasteiger partial charge in [-0.3, -0.25) is 4.79 Å². The van der Waals surface area contributed by atoms with Crippen molar-refractivity contribution in [2.24, 2.45) is 5.10 Å². The van der Waals surface area contributed by atoms with Crippen LogP contribution < -0.4 is 0 Å². The molecule has 1 aliphatic heterocycles. The van der Waals surface area contributed by atoms with Gasteiger partial charge in [-0.15, -0.1) is 0 Å². The lowest BCUT2D eigenvalue weighted by atomic mass is 9.95. The maximum absolute atomic E-state index is 13.3. The number of aromatic nitrogens is 2. The van der Waals surface area contributed by atoms with Gasteiger partial charge in [0, 0.05) is 18.2 Å². The summed E-state index contributed by atoms with van der Waals surface area (Å²) in [5, 5.41) is 7.11. The Hall–Kier alpha value is -2.74. The minimum atomic E-state index is -0.264. The predicted octanol–water partition coefficient (Wildman–Crippen LogP) is 5.66. The second-order valence-corrected chi connectivity index (χ2v) is 9.46. The molecule has 1 atom stereocenters. The van der Waals surface area contributed by atoms with E-state index in [0.717, 1.165) is 22.3 Å². The Morgan fingerprint density at radius 1 is 1.12 bits per heavy atom. The summed E-state index contributed by atoms with van der Waals surface area (Å²) in [5.41, 5.74) is 3.00. The number of carbonyl (C=O) groups is 1. The SMILES string of the molecule is Cc1nc(SCC(=O)N2N=C(c3ccco3)CC2c2ccco2)n(C2CCCCC2)c1C. The van der Waals surface area contributed by atoms with E-state index in [-0.39, 0.29) is 17.7 Å². The summed E-state index contributed by atoms with van der Waals surface area (Å²) in [7, 11) is 0. The van der Waals surface area contributed by atoms with E-state index in [9.17, 15) is 4.79 Å². The van der Waals surface area contributed by atoms with Gasteiger partial charge in [0.05, 0.1) is 24.0 Å². The van der Waals surface area contributed by atoms with Crippen LogP contribution in [0.2, 0.25) is 0 Å². The summed E-state index contributed by atoms with van der Waals surface area (Å²) in [6.07, 6.45) is 10.00. The van der Waals surface area contributed by atoms with E-state index < -0.39 is 0 Å². The minimum Gasteiger partial charge on any atom is -0.467 e. The van der Waals surface area contributed by atoms with Crippen LogP contribution in [0.1, 0.15) is 73.5 Å². The third kappa shape index (κ3) is 4.03. The highest BCUT2D eigenvalue weighted by Gasteiger charge is 2.36. The van der Waals surface area contributed by atoms with Crippen molar-refractivity contribution in [3.05, 3.63) is 59.7 Å². The summed E-state index contributed by atoms with van der Waals surface area (Å²) in [6, 6.07) is 7.64. The van der Waals surface area contributed by atoms with Gasteiger partial charge >= 0.3 is 0 Å². The molecular formula is C24H28N4O3S. The number of hydrazone groups is 1. The number of amides is 1. The van der Waals surface area contributed by atoms with Gasteiger partial charge in [-0.1, -0.05) is 31.0 Å². The molecule has 1 saturated carbocycles. The quantitative estimate of drug-likeness (QED) is 0.451. The molecule has 3 aromatic rings. The molecule has 1 fully saturated rings. The highest BCUT2D eigenvalue weighted by atomic mass is 32.2. The van der Waals surface area contributed by atoms with Crippen molar-refractivity contribution in [1.29, 1.82) is 0 Å². The number of hydrogen-bond acceptors (Lipinski definition) is 6. The summed E-state index contributed by atoms with van der Waals surface area (Å²) < 4.78 is 13.5. The molecule has 4 heterocycles. The van der Waals surface area contributed by atoms with Crippen molar-refractivity contribution in [2.45, 2.75) is 69.6 Å². The first-order valence-corrected chi connectivity index (χ1v) is 12.3. The zero-order valence-electron chi connectivity index (χ0n) is 18.5. The van der Waals surface area contributed by atoms with E-state index in [1.54, 1.807) is 17.5 Å². The first-order valence-electron chi connectivity index (χ1n) is 11.3. The smallest absolute Gasteiger partial charge is 0.253 e. The standard InChI is InChI=1S/C24H28N4O3S/c1-16-17(2)27(18-8-4-3-5-9-18)24(25-16)32-15-23(29)28-20(22-11-7-13-31-22)14-19(26-28)21-10-6-12-30-21/h6-7,10-13,18,20H,3-5,8-9,14-15H2,1-2H3. The second kappa shape index (κ2) is 9.02. The normalized spacial score (nSPS) is 19.5. The van der Waals surface area contributed by atoms with Crippen LogP contribution in [0.15, 0.2) is 55.9 Å². The Balaban J connectivity index is 1.35. The molecule has 0 N–H and O–H groups in total. The lowest BCUT2D eigenvalue weighted by Crippen LogP contribution is -2.28. The molecule has 1 amide bonds. The van der Waals surface area contributed by atoms with Crippen LogP contribution in [0.4, 0.5) is 0 Å². The highest BCUT2D eigenvalue weighted by molar-refractivity contribution is 7.99. The Morgan fingerprint density at radius 3 is 2.62 bits per heavy atom. The number of rotatable bonds is 6. The number of imidazole rings is 1. The Morgan fingerprint density at radius 2 is 1.91 bits per heavy atom. The fourth-order valence-electron chi connectivity index (χ4n) is 4.69. The number of thioether (sulfide) groups is 1. The van der Waals surface area contributed by atoms with Gasteiger partial charge in [-0.05, 0) is 51.0 Å². The monoisotopic (exact) mass is 452 g/mol. The van der Waals surface area contributed by atoms with Crippen molar-refractivity contribution in [1.82, 2.24) is 14.6 Å². The average Bonchev–Trinajstić information content (AvgIpc) is 3.59. The van der Waals surface area contributed by atoms with E-state index in [1.165, 1.54) is 49.6 Å². The van der Waals surface area contributed by atoms with E-state index in [4.69, 9.17) is 13.8 Å². The molecule has 1 aliphatic carbocycles. The molecular weight excluding hydrogens is 424 g/mol. The van der Waals surface area contributed by atoms with Gasteiger partial charge in [0.1, 0.15) is 23.3 Å². The Kier molecular flexibility index (Phi) is 5.95. The molecule has 0 radical (unpaired) electrons. The van der Waals surface area contributed by atoms with Gasteiger partial charge in [0.15, 0.2) is 5.16 Å². The number of carbonyl (C=O) groups excluding carboxylic acids is 1. The predicted molar refractivity (Wildman–Crippen MR) is 123 cm³/mol. The zero-order valence-corrected chi connectivity index (χ0v) is 19.3. The Bertz CT molecular complexity index is 1090. The number of nitrogens with zero attached hydrogens (tertiary/aromatic N) is 4. The van der Waals surface area contributed by atoms with E-state index in [2.05, 4.69) is 16.6 Å². The molecule has 168 valence electrons. The van der Waals surface area contributed by atoms with E-state index >= 15 is 0 Å². The first-order chi connectivity index (χ1) is 15.6. The van der Waals surface area contributed by atoms with Gasteiger partial charge in [0.2, 0.25) is 0 Å². The van der Waals surface area contributed by atoms with Crippen LogP contribution in [-0.2, 0) is 4.79 Å². The van der Waals surface area contributed by atoms with Gasteiger partial charge < -0.3 is 13.4 Å². The van der Waals surface area contributed by atoms with E-state index in [0.29, 0.717) is 18.2 Å². The summed E-state index contributed by atoms with van der Waals surface area (Å²) in [6.45, 7) is 4.18. The molecule has 7 nitrogen and oxygen atoms in total. The van der Waals surface area contributed by atoms with Crippen molar-refractivity contribution in [3.63, 3.8) is 0 Å².